The van der Waals surface area contributed by atoms with Crippen LogP contribution in [0.5, 0.6) is 0 Å². The number of thiazole rings is 2. The highest BCUT2D eigenvalue weighted by Crippen LogP contribution is 2.36. The van der Waals surface area contributed by atoms with E-state index in [4.69, 9.17) is 9.72 Å². The van der Waals surface area contributed by atoms with Crippen LogP contribution < -0.4 is 0 Å². The van der Waals surface area contributed by atoms with E-state index in [0.717, 1.165) is 47.1 Å². The number of carbonyl (C=O) groups is 1. The van der Waals surface area contributed by atoms with Crippen LogP contribution in [0.3, 0.4) is 0 Å². The third kappa shape index (κ3) is 3.16. The smallest absolute Gasteiger partial charge is 0.315 e. The van der Waals surface area contributed by atoms with Gasteiger partial charge >= 0.3 is 5.97 Å². The Balaban J connectivity index is 1.82. The molecule has 0 fully saturated rings. The lowest BCUT2D eigenvalue weighted by Gasteiger charge is -2.19. The Kier molecular flexibility index (Phi) is 4.35. The summed E-state index contributed by atoms with van der Waals surface area (Å²) >= 11 is 3.40. The summed E-state index contributed by atoms with van der Waals surface area (Å²) in [5, 5.41) is 4.21. The Bertz CT molecular complexity index is 648. The van der Waals surface area contributed by atoms with Crippen molar-refractivity contribution in [3.8, 4) is 0 Å². The van der Waals surface area contributed by atoms with Crippen LogP contribution in [0.4, 0.5) is 0 Å². The van der Waals surface area contributed by atoms with Gasteiger partial charge in [0, 0.05) is 16.0 Å². The minimum Gasteiger partial charge on any atom is -0.465 e. The summed E-state index contributed by atoms with van der Waals surface area (Å²) in [5.74, 6) is -0.294. The lowest BCUT2D eigenvalue weighted by Crippen LogP contribution is -2.20. The maximum atomic E-state index is 12.1. The van der Waals surface area contributed by atoms with Crippen molar-refractivity contribution in [1.82, 2.24) is 9.97 Å². The summed E-state index contributed by atoms with van der Waals surface area (Å²) < 4.78 is 5.18. The summed E-state index contributed by atoms with van der Waals surface area (Å²) in [7, 11) is 0. The first-order valence-electron chi connectivity index (χ1n) is 7.23. The molecule has 112 valence electrons. The molecule has 1 aliphatic carbocycles. The van der Waals surface area contributed by atoms with Gasteiger partial charge in [-0.2, -0.15) is 0 Å². The van der Waals surface area contributed by atoms with Gasteiger partial charge in [-0.15, -0.1) is 22.7 Å². The molecule has 21 heavy (non-hydrogen) atoms. The molecule has 0 bridgehead atoms. The number of ether oxygens (including phenoxy) is 1. The summed E-state index contributed by atoms with van der Waals surface area (Å²) in [6, 6.07) is 0. The van der Waals surface area contributed by atoms with Gasteiger partial charge in [-0.1, -0.05) is 0 Å². The molecule has 3 rings (SSSR count). The predicted molar refractivity (Wildman–Crippen MR) is 84.1 cm³/mol. The molecule has 1 unspecified atom stereocenters. The molecule has 2 aromatic rings. The van der Waals surface area contributed by atoms with Crippen LogP contribution >= 0.6 is 22.7 Å². The van der Waals surface area contributed by atoms with Crippen molar-refractivity contribution in [2.24, 2.45) is 0 Å². The molecule has 1 atom stereocenters. The monoisotopic (exact) mass is 322 g/mol. The summed E-state index contributed by atoms with van der Waals surface area (Å²) in [5.41, 5.74) is 2.01. The summed E-state index contributed by atoms with van der Waals surface area (Å²) in [6.45, 7) is 4.28. The fraction of sp³-hybridized carbons (Fsp3) is 0.533. The number of nitrogens with zero attached hydrogens (tertiary/aromatic N) is 2. The molecular weight excluding hydrogens is 304 g/mol. The van der Waals surface area contributed by atoms with Gasteiger partial charge in [0.25, 0.3) is 0 Å². The van der Waals surface area contributed by atoms with E-state index in [1.807, 2.05) is 13.8 Å². The fourth-order valence-corrected chi connectivity index (χ4v) is 4.67. The number of rotatable bonds is 4. The highest BCUT2D eigenvalue weighted by atomic mass is 32.1. The van der Waals surface area contributed by atoms with Gasteiger partial charge in [0.1, 0.15) is 5.92 Å². The second-order valence-electron chi connectivity index (χ2n) is 5.17. The largest absolute Gasteiger partial charge is 0.465 e. The maximum Gasteiger partial charge on any atom is 0.315 e. The van der Waals surface area contributed by atoms with Crippen molar-refractivity contribution in [3.63, 3.8) is 0 Å². The SMILES string of the molecule is CCOC(=O)C1CCCc2sc(Cc3nc(C)cs3)nc21. The zero-order valence-electron chi connectivity index (χ0n) is 12.2. The van der Waals surface area contributed by atoms with Crippen LogP contribution in [0, 0.1) is 6.92 Å². The van der Waals surface area contributed by atoms with Crippen molar-refractivity contribution < 1.29 is 9.53 Å². The van der Waals surface area contributed by atoms with Gasteiger partial charge in [0.15, 0.2) is 0 Å². The van der Waals surface area contributed by atoms with Crippen molar-refractivity contribution >= 4 is 28.6 Å². The first-order valence-corrected chi connectivity index (χ1v) is 8.93. The molecule has 4 nitrogen and oxygen atoms in total. The molecule has 0 aromatic carbocycles. The van der Waals surface area contributed by atoms with E-state index in [1.165, 1.54) is 4.88 Å². The van der Waals surface area contributed by atoms with Crippen molar-refractivity contribution in [1.29, 1.82) is 0 Å². The molecule has 1 aliphatic rings. The van der Waals surface area contributed by atoms with Gasteiger partial charge < -0.3 is 4.74 Å². The van der Waals surface area contributed by atoms with E-state index in [0.29, 0.717) is 6.61 Å². The highest BCUT2D eigenvalue weighted by Gasteiger charge is 2.31. The number of hydrogen-bond acceptors (Lipinski definition) is 6. The van der Waals surface area contributed by atoms with Crippen LogP contribution in [-0.4, -0.2) is 22.5 Å². The Morgan fingerprint density at radius 3 is 3.00 bits per heavy atom. The van der Waals surface area contributed by atoms with Crippen molar-refractivity contribution in [2.75, 3.05) is 6.61 Å². The van der Waals surface area contributed by atoms with E-state index in [2.05, 4.69) is 10.4 Å². The lowest BCUT2D eigenvalue weighted by atomic mass is 9.91. The molecule has 0 aliphatic heterocycles. The normalized spacial score (nSPS) is 17.5. The van der Waals surface area contributed by atoms with Gasteiger partial charge in [0.05, 0.1) is 28.7 Å². The minimum atomic E-state index is -0.170. The number of carbonyl (C=O) groups excluding carboxylic acids is 1. The number of aromatic nitrogens is 2. The minimum absolute atomic E-state index is 0.125. The molecule has 0 spiro atoms. The Hall–Kier alpha value is -1.27. The van der Waals surface area contributed by atoms with E-state index in [1.54, 1.807) is 22.7 Å². The molecule has 2 heterocycles. The van der Waals surface area contributed by atoms with E-state index in [-0.39, 0.29) is 11.9 Å². The van der Waals surface area contributed by atoms with Gasteiger partial charge in [0.2, 0.25) is 0 Å². The number of hydrogen-bond donors (Lipinski definition) is 0. The summed E-state index contributed by atoms with van der Waals surface area (Å²) in [4.78, 5) is 22.5. The molecule has 0 amide bonds. The highest BCUT2D eigenvalue weighted by molar-refractivity contribution is 7.12. The number of aryl methyl sites for hydroxylation is 2. The average Bonchev–Trinajstić information content (AvgIpc) is 3.04. The first-order chi connectivity index (χ1) is 10.2. The van der Waals surface area contributed by atoms with Crippen LogP contribution in [0.1, 0.15) is 52.0 Å². The standard InChI is InChI=1S/C15H18N2O2S2/c1-3-19-15(18)10-5-4-6-11-14(10)17-13(21-11)7-12-16-9(2)8-20-12/h8,10H,3-7H2,1-2H3. The maximum absolute atomic E-state index is 12.1. The van der Waals surface area contributed by atoms with Crippen molar-refractivity contribution in [2.45, 2.75) is 45.4 Å². The fourth-order valence-electron chi connectivity index (χ4n) is 2.63. The Morgan fingerprint density at radius 2 is 2.29 bits per heavy atom. The molecular formula is C15H18N2O2S2. The summed E-state index contributed by atoms with van der Waals surface area (Å²) in [6.07, 6.45) is 3.69. The predicted octanol–water partition coefficient (Wildman–Crippen LogP) is 3.48. The molecule has 0 radical (unpaired) electrons. The van der Waals surface area contributed by atoms with E-state index < -0.39 is 0 Å². The first kappa shape index (κ1) is 14.7. The molecule has 0 saturated heterocycles. The third-order valence-corrected chi connectivity index (χ3v) is 5.64. The Morgan fingerprint density at radius 1 is 1.43 bits per heavy atom. The van der Waals surface area contributed by atoms with Crippen LogP contribution in [0.2, 0.25) is 0 Å². The Labute approximate surface area is 132 Å². The lowest BCUT2D eigenvalue weighted by molar-refractivity contribution is -0.145. The molecule has 0 saturated carbocycles. The van der Waals surface area contributed by atoms with Gasteiger partial charge in [-0.3, -0.25) is 4.79 Å². The van der Waals surface area contributed by atoms with Gasteiger partial charge in [-0.25, -0.2) is 9.97 Å². The quantitative estimate of drug-likeness (QED) is 0.809. The second kappa shape index (κ2) is 6.23. The third-order valence-electron chi connectivity index (χ3n) is 3.54. The van der Waals surface area contributed by atoms with Crippen LogP contribution in [0.15, 0.2) is 5.38 Å². The van der Waals surface area contributed by atoms with Crippen molar-refractivity contribution in [3.05, 3.63) is 31.7 Å². The zero-order chi connectivity index (χ0) is 14.8. The molecule has 6 heteroatoms. The molecule has 2 aromatic heterocycles. The van der Waals surface area contributed by atoms with Crippen LogP contribution in [-0.2, 0) is 22.4 Å². The van der Waals surface area contributed by atoms with E-state index >= 15 is 0 Å². The number of fused-ring (bicyclic) bond motifs is 1. The topological polar surface area (TPSA) is 52.1 Å². The zero-order valence-corrected chi connectivity index (χ0v) is 13.9. The van der Waals surface area contributed by atoms with Gasteiger partial charge in [-0.05, 0) is 33.1 Å². The number of esters is 1. The van der Waals surface area contributed by atoms with Crippen LogP contribution in [0.25, 0.3) is 0 Å². The molecule has 0 N–H and O–H groups in total. The second-order valence-corrected chi connectivity index (χ2v) is 7.28. The van der Waals surface area contributed by atoms with E-state index in [9.17, 15) is 4.79 Å². The average molecular weight is 322 g/mol.